The van der Waals surface area contributed by atoms with E-state index in [-0.39, 0.29) is 0 Å². The van der Waals surface area contributed by atoms with Gasteiger partial charge in [0.15, 0.2) is 16.6 Å². The Morgan fingerprint density at radius 2 is 1.96 bits per heavy atom. The smallest absolute Gasteiger partial charge is 0.189 e. The third-order valence-electron chi connectivity index (χ3n) is 3.61. The first kappa shape index (κ1) is 19.7. The van der Waals surface area contributed by atoms with Crippen LogP contribution in [-0.2, 0) is 6.54 Å². The lowest BCUT2D eigenvalue weighted by Crippen LogP contribution is -2.33. The maximum atomic E-state index is 5.72. The second kappa shape index (κ2) is 10.4. The van der Waals surface area contributed by atoms with Gasteiger partial charge in [0.2, 0.25) is 0 Å². The van der Waals surface area contributed by atoms with Crippen LogP contribution < -0.4 is 14.8 Å². The van der Waals surface area contributed by atoms with E-state index < -0.39 is 0 Å². The predicted octanol–water partition coefficient (Wildman–Crippen LogP) is 3.82. The van der Waals surface area contributed by atoms with E-state index in [1.807, 2.05) is 55.6 Å². The summed E-state index contributed by atoms with van der Waals surface area (Å²) in [5, 5.41) is 9.77. The van der Waals surface area contributed by atoms with Crippen molar-refractivity contribution in [2.45, 2.75) is 19.9 Å². The Kier molecular flexibility index (Phi) is 7.89. The molecule has 0 amide bonds. The zero-order valence-corrected chi connectivity index (χ0v) is 16.3. The number of methoxy groups -OCH3 is 1. The van der Waals surface area contributed by atoms with E-state index in [0.717, 1.165) is 12.0 Å². The van der Waals surface area contributed by atoms with Crippen molar-refractivity contribution in [3.8, 4) is 11.5 Å². The molecule has 2 aromatic rings. The lowest BCUT2D eigenvalue weighted by molar-refractivity contribution is 0.294. The van der Waals surface area contributed by atoms with Gasteiger partial charge in [0.25, 0.3) is 0 Å². The Labute approximate surface area is 160 Å². The zero-order chi connectivity index (χ0) is 18.8. The molecule has 0 aliphatic rings. The summed E-state index contributed by atoms with van der Waals surface area (Å²) in [5.74, 6) is 1.43. The van der Waals surface area contributed by atoms with Gasteiger partial charge in [-0.1, -0.05) is 37.3 Å². The third kappa shape index (κ3) is 6.04. The Morgan fingerprint density at radius 3 is 2.65 bits per heavy atom. The van der Waals surface area contributed by atoms with Gasteiger partial charge in [-0.15, -0.1) is 0 Å². The molecule has 138 valence electrons. The van der Waals surface area contributed by atoms with Crippen molar-refractivity contribution < 1.29 is 9.47 Å². The second-order valence-electron chi connectivity index (χ2n) is 5.67. The first-order valence-corrected chi connectivity index (χ1v) is 8.95. The number of hydrogen-bond donors (Lipinski definition) is 1. The van der Waals surface area contributed by atoms with Crippen LogP contribution in [0.5, 0.6) is 11.5 Å². The molecular formula is C20H25N3O2S. The average molecular weight is 372 g/mol. The number of benzene rings is 2. The van der Waals surface area contributed by atoms with Crippen LogP contribution in [0.15, 0.2) is 53.6 Å². The van der Waals surface area contributed by atoms with Crippen LogP contribution in [0.3, 0.4) is 0 Å². The van der Waals surface area contributed by atoms with Crippen LogP contribution in [0, 0.1) is 0 Å². The van der Waals surface area contributed by atoms with Crippen molar-refractivity contribution in [3.63, 3.8) is 0 Å². The van der Waals surface area contributed by atoms with Crippen LogP contribution >= 0.6 is 12.2 Å². The minimum absolute atomic E-state index is 0.557. The van der Waals surface area contributed by atoms with E-state index in [2.05, 4.69) is 17.3 Å². The van der Waals surface area contributed by atoms with Gasteiger partial charge in [-0.3, -0.25) is 0 Å². The van der Waals surface area contributed by atoms with Crippen LogP contribution in [0.1, 0.15) is 24.5 Å². The molecular weight excluding hydrogens is 346 g/mol. The fourth-order valence-electron chi connectivity index (χ4n) is 2.19. The molecule has 5 nitrogen and oxygen atoms in total. The number of nitrogens with zero attached hydrogens (tertiary/aromatic N) is 2. The fraction of sp³-hybridized carbons (Fsp3) is 0.300. The molecule has 0 saturated heterocycles. The van der Waals surface area contributed by atoms with Gasteiger partial charge in [0, 0.05) is 13.6 Å². The number of hydrogen-bond acceptors (Lipinski definition) is 4. The van der Waals surface area contributed by atoms with E-state index >= 15 is 0 Å². The summed E-state index contributed by atoms with van der Waals surface area (Å²) in [6.07, 6.45) is 2.68. The maximum Gasteiger partial charge on any atom is 0.189 e. The number of rotatable bonds is 8. The molecule has 0 radical (unpaired) electrons. The van der Waals surface area contributed by atoms with E-state index in [1.165, 1.54) is 5.56 Å². The standard InChI is InChI=1S/C20H25N3O2S/c1-4-12-25-19-13-17(10-11-18(19)24-3)15-22-23(2)20(26)21-14-16-8-6-5-7-9-16/h5-11,13,15H,4,12,14H2,1-3H3,(H,21,26)/b22-15-. The van der Waals surface area contributed by atoms with Crippen LogP contribution in [0.4, 0.5) is 0 Å². The number of nitrogens with one attached hydrogen (secondary N) is 1. The minimum atomic E-state index is 0.557. The molecule has 2 rings (SSSR count). The van der Waals surface area contributed by atoms with Gasteiger partial charge >= 0.3 is 0 Å². The molecule has 0 saturated carbocycles. The second-order valence-corrected chi connectivity index (χ2v) is 6.06. The molecule has 0 spiro atoms. The first-order chi connectivity index (χ1) is 12.6. The summed E-state index contributed by atoms with van der Waals surface area (Å²) in [4.78, 5) is 0. The molecule has 0 aromatic heterocycles. The van der Waals surface area contributed by atoms with Gasteiger partial charge in [-0.05, 0) is 48.0 Å². The van der Waals surface area contributed by atoms with Crippen molar-refractivity contribution >= 4 is 23.5 Å². The van der Waals surface area contributed by atoms with Crippen molar-refractivity contribution in [2.24, 2.45) is 5.10 Å². The predicted molar refractivity (Wildman–Crippen MR) is 110 cm³/mol. The first-order valence-electron chi connectivity index (χ1n) is 8.54. The fourth-order valence-corrected chi connectivity index (χ4v) is 2.31. The molecule has 0 aliphatic heterocycles. The van der Waals surface area contributed by atoms with E-state index in [4.69, 9.17) is 21.7 Å². The monoisotopic (exact) mass is 371 g/mol. The SMILES string of the molecule is CCCOc1cc(/C=N\N(C)C(=S)NCc2ccccc2)ccc1OC. The van der Waals surface area contributed by atoms with Crippen molar-refractivity contribution in [3.05, 3.63) is 59.7 Å². The third-order valence-corrected chi connectivity index (χ3v) is 4.02. The summed E-state index contributed by atoms with van der Waals surface area (Å²) in [5.41, 5.74) is 2.08. The molecule has 2 aromatic carbocycles. The highest BCUT2D eigenvalue weighted by atomic mass is 32.1. The summed E-state index contributed by atoms with van der Waals surface area (Å²) >= 11 is 5.37. The molecule has 0 heterocycles. The van der Waals surface area contributed by atoms with Crippen LogP contribution in [-0.4, -0.2) is 37.1 Å². The Morgan fingerprint density at radius 1 is 1.19 bits per heavy atom. The average Bonchev–Trinajstić information content (AvgIpc) is 2.69. The summed E-state index contributed by atoms with van der Waals surface area (Å²) < 4.78 is 11.0. The highest BCUT2D eigenvalue weighted by Gasteiger charge is 2.06. The Bertz CT molecular complexity index is 735. The Hall–Kier alpha value is -2.60. The maximum absolute atomic E-state index is 5.72. The lowest BCUT2D eigenvalue weighted by Gasteiger charge is -2.16. The normalized spacial score (nSPS) is 10.6. The van der Waals surface area contributed by atoms with Crippen molar-refractivity contribution in [2.75, 3.05) is 20.8 Å². The topological polar surface area (TPSA) is 46.1 Å². The van der Waals surface area contributed by atoms with Gasteiger partial charge in [-0.25, -0.2) is 5.01 Å². The summed E-state index contributed by atoms with van der Waals surface area (Å²) in [6, 6.07) is 15.8. The van der Waals surface area contributed by atoms with Gasteiger partial charge in [0.05, 0.1) is 19.9 Å². The van der Waals surface area contributed by atoms with Gasteiger partial charge in [0.1, 0.15) is 0 Å². The molecule has 0 bridgehead atoms. The van der Waals surface area contributed by atoms with Crippen molar-refractivity contribution in [1.29, 1.82) is 0 Å². The highest BCUT2D eigenvalue weighted by molar-refractivity contribution is 7.80. The molecule has 0 atom stereocenters. The zero-order valence-electron chi connectivity index (χ0n) is 15.4. The number of ether oxygens (including phenoxy) is 2. The minimum Gasteiger partial charge on any atom is -0.493 e. The molecule has 0 aliphatic carbocycles. The molecule has 0 unspecified atom stereocenters. The molecule has 26 heavy (non-hydrogen) atoms. The largest absolute Gasteiger partial charge is 0.493 e. The van der Waals surface area contributed by atoms with E-state index in [0.29, 0.717) is 29.8 Å². The van der Waals surface area contributed by atoms with Gasteiger partial charge in [-0.2, -0.15) is 5.10 Å². The molecule has 6 heteroatoms. The summed E-state index contributed by atoms with van der Waals surface area (Å²) in [6.45, 7) is 3.37. The number of thiocarbonyl (C=S) groups is 1. The summed E-state index contributed by atoms with van der Waals surface area (Å²) in [7, 11) is 3.45. The number of hydrazone groups is 1. The highest BCUT2D eigenvalue weighted by Crippen LogP contribution is 2.27. The van der Waals surface area contributed by atoms with Crippen LogP contribution in [0.25, 0.3) is 0 Å². The van der Waals surface area contributed by atoms with Gasteiger partial charge < -0.3 is 14.8 Å². The van der Waals surface area contributed by atoms with E-state index in [9.17, 15) is 0 Å². The van der Waals surface area contributed by atoms with Crippen molar-refractivity contribution in [1.82, 2.24) is 10.3 Å². The lowest BCUT2D eigenvalue weighted by atomic mass is 10.2. The van der Waals surface area contributed by atoms with E-state index in [1.54, 1.807) is 18.3 Å². The van der Waals surface area contributed by atoms with Crippen LogP contribution in [0.2, 0.25) is 0 Å². The molecule has 1 N–H and O–H groups in total. The quantitative estimate of drug-likeness (QED) is 0.434. The molecule has 0 fully saturated rings. The Balaban J connectivity index is 1.95.